The van der Waals surface area contributed by atoms with Gasteiger partial charge in [-0.05, 0) is 19.3 Å². The van der Waals surface area contributed by atoms with Crippen molar-refractivity contribution in [2.45, 2.75) is 39.3 Å². The van der Waals surface area contributed by atoms with E-state index in [1.165, 1.54) is 0 Å². The minimum absolute atomic E-state index is 0.183. The Morgan fingerprint density at radius 1 is 1.20 bits per heavy atom. The van der Waals surface area contributed by atoms with Gasteiger partial charge in [-0.1, -0.05) is 13.8 Å². The lowest BCUT2D eigenvalue weighted by atomic mass is 10.0. The third-order valence-electron chi connectivity index (χ3n) is 2.00. The Morgan fingerprint density at radius 3 is 2.07 bits per heavy atom. The van der Waals surface area contributed by atoms with Gasteiger partial charge in [0.05, 0.1) is 6.04 Å². The quantitative estimate of drug-likeness (QED) is 0.584. The van der Waals surface area contributed by atoms with Gasteiger partial charge in [0, 0.05) is 7.05 Å². The number of carbonyl (C=O) groups is 2. The van der Waals surface area contributed by atoms with E-state index in [-0.39, 0.29) is 11.8 Å². The molecule has 0 radical (unpaired) electrons. The van der Waals surface area contributed by atoms with Crippen molar-refractivity contribution in [3.05, 3.63) is 0 Å². The number of nitrogens with one attached hydrogen (secondary N) is 2. The zero-order chi connectivity index (χ0) is 12.0. The van der Waals surface area contributed by atoms with E-state index >= 15 is 0 Å². The van der Waals surface area contributed by atoms with Gasteiger partial charge in [0.1, 0.15) is 6.04 Å². The molecule has 0 aliphatic carbocycles. The van der Waals surface area contributed by atoms with Crippen molar-refractivity contribution >= 4 is 11.8 Å². The van der Waals surface area contributed by atoms with Gasteiger partial charge < -0.3 is 16.4 Å². The molecule has 5 nitrogen and oxygen atoms in total. The van der Waals surface area contributed by atoms with Crippen molar-refractivity contribution in [3.8, 4) is 0 Å². The highest BCUT2D eigenvalue weighted by atomic mass is 16.2. The van der Waals surface area contributed by atoms with Gasteiger partial charge in [0.2, 0.25) is 11.8 Å². The SMILES string of the molecule is CNC(=O)C(CC(C)C)NC(=O)[C@@H](C)N. The smallest absolute Gasteiger partial charge is 0.242 e. The summed E-state index contributed by atoms with van der Waals surface area (Å²) in [5.41, 5.74) is 5.41. The number of rotatable bonds is 5. The lowest BCUT2D eigenvalue weighted by Gasteiger charge is -2.20. The summed E-state index contributed by atoms with van der Waals surface area (Å²) in [5.74, 6) is -0.150. The maximum Gasteiger partial charge on any atom is 0.242 e. The molecule has 1 unspecified atom stereocenters. The maximum atomic E-state index is 11.4. The first-order valence-electron chi connectivity index (χ1n) is 5.16. The van der Waals surface area contributed by atoms with Crippen LogP contribution in [0.3, 0.4) is 0 Å². The van der Waals surface area contributed by atoms with Gasteiger partial charge in [-0.3, -0.25) is 9.59 Å². The molecule has 0 aromatic rings. The predicted molar refractivity (Wildman–Crippen MR) is 59.1 cm³/mol. The zero-order valence-corrected chi connectivity index (χ0v) is 9.83. The van der Waals surface area contributed by atoms with Crippen molar-refractivity contribution in [1.29, 1.82) is 0 Å². The van der Waals surface area contributed by atoms with Gasteiger partial charge in [-0.2, -0.15) is 0 Å². The van der Waals surface area contributed by atoms with Crippen LogP contribution in [0.4, 0.5) is 0 Å². The highest BCUT2D eigenvalue weighted by Gasteiger charge is 2.21. The molecular weight excluding hydrogens is 194 g/mol. The predicted octanol–water partition coefficient (Wildman–Crippen LogP) is -0.389. The van der Waals surface area contributed by atoms with E-state index in [1.54, 1.807) is 14.0 Å². The Morgan fingerprint density at radius 2 is 1.73 bits per heavy atom. The molecular formula is C10H21N3O2. The van der Waals surface area contributed by atoms with E-state index in [2.05, 4.69) is 10.6 Å². The van der Waals surface area contributed by atoms with Crippen LogP contribution in [0.1, 0.15) is 27.2 Å². The Balaban J connectivity index is 4.37. The number of carbonyl (C=O) groups excluding carboxylic acids is 2. The second kappa shape index (κ2) is 6.40. The lowest BCUT2D eigenvalue weighted by Crippen LogP contribution is -2.50. The molecule has 0 aromatic heterocycles. The topological polar surface area (TPSA) is 84.2 Å². The molecule has 0 bridgehead atoms. The molecule has 0 aliphatic rings. The van der Waals surface area contributed by atoms with Crippen LogP contribution >= 0.6 is 0 Å². The van der Waals surface area contributed by atoms with Crippen LogP contribution in [0.2, 0.25) is 0 Å². The number of amides is 2. The normalized spacial score (nSPS) is 14.5. The third kappa shape index (κ3) is 5.37. The average Bonchev–Trinajstić information content (AvgIpc) is 2.14. The lowest BCUT2D eigenvalue weighted by molar-refractivity contribution is -0.129. The summed E-state index contributed by atoms with van der Waals surface area (Å²) in [6.07, 6.45) is 0.609. The molecule has 0 saturated heterocycles. The molecule has 88 valence electrons. The molecule has 2 amide bonds. The fourth-order valence-electron chi connectivity index (χ4n) is 1.18. The molecule has 0 heterocycles. The van der Waals surface area contributed by atoms with E-state index in [4.69, 9.17) is 5.73 Å². The number of likely N-dealkylation sites (N-methyl/N-ethyl adjacent to an activating group) is 1. The van der Waals surface area contributed by atoms with Crippen molar-refractivity contribution in [1.82, 2.24) is 10.6 Å². The van der Waals surface area contributed by atoms with E-state index in [1.807, 2.05) is 13.8 Å². The highest BCUT2D eigenvalue weighted by Crippen LogP contribution is 2.04. The molecule has 0 aromatic carbocycles. The minimum atomic E-state index is -0.593. The Kier molecular flexibility index (Phi) is 5.93. The monoisotopic (exact) mass is 215 g/mol. The van der Waals surface area contributed by atoms with Crippen molar-refractivity contribution < 1.29 is 9.59 Å². The summed E-state index contributed by atoms with van der Waals surface area (Å²) in [7, 11) is 1.55. The summed E-state index contributed by atoms with van der Waals surface area (Å²) < 4.78 is 0. The largest absolute Gasteiger partial charge is 0.357 e. The molecule has 4 N–H and O–H groups in total. The highest BCUT2D eigenvalue weighted by molar-refractivity contribution is 5.89. The first-order valence-corrected chi connectivity index (χ1v) is 5.16. The molecule has 2 atom stereocenters. The standard InChI is InChI=1S/C10H21N3O2/c1-6(2)5-8(10(15)12-4)13-9(14)7(3)11/h6-8H,5,11H2,1-4H3,(H,12,15)(H,13,14)/t7-,8?/m1/s1. The van der Waals surface area contributed by atoms with Crippen LogP contribution in [0.15, 0.2) is 0 Å². The van der Waals surface area contributed by atoms with Crippen LogP contribution < -0.4 is 16.4 Å². The number of hydrogen-bond donors (Lipinski definition) is 3. The molecule has 0 rings (SSSR count). The van der Waals surface area contributed by atoms with Gasteiger partial charge in [-0.25, -0.2) is 0 Å². The van der Waals surface area contributed by atoms with Gasteiger partial charge in [0.15, 0.2) is 0 Å². The second-order valence-corrected chi connectivity index (χ2v) is 4.09. The van der Waals surface area contributed by atoms with E-state index in [0.717, 1.165) is 0 Å². The van der Waals surface area contributed by atoms with Gasteiger partial charge in [-0.15, -0.1) is 0 Å². The van der Waals surface area contributed by atoms with Crippen LogP contribution in [0.25, 0.3) is 0 Å². The molecule has 0 saturated carbocycles. The third-order valence-corrected chi connectivity index (χ3v) is 2.00. The number of hydrogen-bond acceptors (Lipinski definition) is 3. The van der Waals surface area contributed by atoms with Crippen molar-refractivity contribution in [3.63, 3.8) is 0 Å². The van der Waals surface area contributed by atoms with Crippen molar-refractivity contribution in [2.75, 3.05) is 7.05 Å². The van der Waals surface area contributed by atoms with Gasteiger partial charge in [0.25, 0.3) is 0 Å². The molecule has 5 heteroatoms. The second-order valence-electron chi connectivity index (χ2n) is 4.09. The zero-order valence-electron chi connectivity index (χ0n) is 9.83. The van der Waals surface area contributed by atoms with Gasteiger partial charge >= 0.3 is 0 Å². The molecule has 0 aliphatic heterocycles. The number of nitrogens with two attached hydrogens (primary N) is 1. The first kappa shape index (κ1) is 13.9. The maximum absolute atomic E-state index is 11.4. The summed E-state index contributed by atoms with van der Waals surface area (Å²) in [6.45, 7) is 5.58. The van der Waals surface area contributed by atoms with Crippen LogP contribution in [-0.4, -0.2) is 30.9 Å². The molecule has 0 fully saturated rings. The summed E-state index contributed by atoms with van der Waals surface area (Å²) in [6, 6.07) is -1.09. The minimum Gasteiger partial charge on any atom is -0.357 e. The van der Waals surface area contributed by atoms with E-state index in [0.29, 0.717) is 12.3 Å². The Labute approximate surface area is 90.8 Å². The van der Waals surface area contributed by atoms with E-state index in [9.17, 15) is 9.59 Å². The average molecular weight is 215 g/mol. The summed E-state index contributed by atoms with van der Waals surface area (Å²) >= 11 is 0. The molecule has 0 spiro atoms. The fraction of sp³-hybridized carbons (Fsp3) is 0.800. The van der Waals surface area contributed by atoms with Crippen molar-refractivity contribution in [2.24, 2.45) is 11.7 Å². The first-order chi connectivity index (χ1) is 6.88. The van der Waals surface area contributed by atoms with Crippen LogP contribution in [-0.2, 0) is 9.59 Å². The van der Waals surface area contributed by atoms with E-state index < -0.39 is 12.1 Å². The van der Waals surface area contributed by atoms with Crippen LogP contribution in [0, 0.1) is 5.92 Å². The Hall–Kier alpha value is -1.10. The molecule has 15 heavy (non-hydrogen) atoms. The summed E-state index contributed by atoms with van der Waals surface area (Å²) in [4.78, 5) is 22.8. The van der Waals surface area contributed by atoms with Crippen LogP contribution in [0.5, 0.6) is 0 Å². The summed E-state index contributed by atoms with van der Waals surface area (Å²) in [5, 5.41) is 5.14. The fourth-order valence-corrected chi connectivity index (χ4v) is 1.18. The Bertz CT molecular complexity index is 227.